The van der Waals surface area contributed by atoms with Crippen LogP contribution in [-0.2, 0) is 9.47 Å². The number of hydrogen-bond donors (Lipinski definition) is 0. The van der Waals surface area contributed by atoms with Crippen molar-refractivity contribution < 1.29 is 19.1 Å². The van der Waals surface area contributed by atoms with Crippen LogP contribution in [0.4, 0.5) is 0 Å². The summed E-state index contributed by atoms with van der Waals surface area (Å²) in [5.41, 5.74) is 2.30. The van der Waals surface area contributed by atoms with E-state index in [9.17, 15) is 9.59 Å². The van der Waals surface area contributed by atoms with E-state index in [1.807, 2.05) is 24.3 Å². The van der Waals surface area contributed by atoms with Crippen LogP contribution in [-0.4, -0.2) is 25.2 Å². The van der Waals surface area contributed by atoms with Crippen molar-refractivity contribution >= 4 is 11.9 Å². The van der Waals surface area contributed by atoms with Crippen molar-refractivity contribution in [1.82, 2.24) is 0 Å². The van der Waals surface area contributed by atoms with Crippen LogP contribution < -0.4 is 0 Å². The van der Waals surface area contributed by atoms with Crippen LogP contribution in [0.5, 0.6) is 0 Å². The van der Waals surface area contributed by atoms with Crippen molar-refractivity contribution in [2.75, 3.05) is 13.2 Å². The molecule has 0 aliphatic carbocycles. The Labute approximate surface area is 167 Å². The summed E-state index contributed by atoms with van der Waals surface area (Å²) in [4.78, 5) is 25.2. The summed E-state index contributed by atoms with van der Waals surface area (Å²) in [6.45, 7) is 5.02. The van der Waals surface area contributed by atoms with Crippen molar-refractivity contribution in [3.05, 3.63) is 59.7 Å². The largest absolute Gasteiger partial charge is 0.462 e. The monoisotopic (exact) mass is 382 g/mol. The fourth-order valence-electron chi connectivity index (χ4n) is 2.98. The van der Waals surface area contributed by atoms with Crippen molar-refractivity contribution in [3.63, 3.8) is 0 Å². The number of rotatable bonds is 11. The van der Waals surface area contributed by atoms with E-state index in [0.29, 0.717) is 35.5 Å². The minimum absolute atomic E-state index is 0.363. The molecule has 0 N–H and O–H groups in total. The maximum atomic E-state index is 12.6. The Bertz CT molecular complexity index is 701. The maximum Gasteiger partial charge on any atom is 0.338 e. The number of benzene rings is 2. The highest BCUT2D eigenvalue weighted by atomic mass is 16.5. The highest BCUT2D eigenvalue weighted by Gasteiger charge is 2.19. The first-order valence-corrected chi connectivity index (χ1v) is 10.2. The molecule has 2 aromatic carbocycles. The van der Waals surface area contributed by atoms with Gasteiger partial charge in [0.15, 0.2) is 0 Å². The van der Waals surface area contributed by atoms with Gasteiger partial charge in [-0.15, -0.1) is 0 Å². The lowest BCUT2D eigenvalue weighted by molar-refractivity contribution is 0.0487. The Morgan fingerprint density at radius 2 is 1.04 bits per heavy atom. The smallest absolute Gasteiger partial charge is 0.338 e. The van der Waals surface area contributed by atoms with E-state index < -0.39 is 0 Å². The van der Waals surface area contributed by atoms with Gasteiger partial charge in [-0.05, 0) is 36.1 Å². The lowest BCUT2D eigenvalue weighted by Gasteiger charge is -2.13. The normalized spacial score (nSPS) is 10.5. The number of carbonyl (C=O) groups excluding carboxylic acids is 2. The van der Waals surface area contributed by atoms with Crippen LogP contribution in [0.3, 0.4) is 0 Å². The summed E-state index contributed by atoms with van der Waals surface area (Å²) < 4.78 is 10.9. The minimum atomic E-state index is -0.363. The number of carbonyl (C=O) groups is 2. The van der Waals surface area contributed by atoms with E-state index >= 15 is 0 Å². The van der Waals surface area contributed by atoms with Gasteiger partial charge in [0, 0.05) is 0 Å². The van der Waals surface area contributed by atoms with E-state index in [1.54, 1.807) is 24.3 Å². The quantitative estimate of drug-likeness (QED) is 0.351. The molecule has 0 saturated heterocycles. The zero-order chi connectivity index (χ0) is 20.2. The van der Waals surface area contributed by atoms with E-state index in [-0.39, 0.29) is 11.9 Å². The van der Waals surface area contributed by atoms with Crippen molar-refractivity contribution in [1.29, 1.82) is 0 Å². The van der Waals surface area contributed by atoms with Crippen LogP contribution in [0.25, 0.3) is 11.1 Å². The first kappa shape index (κ1) is 21.7. The SMILES string of the molecule is CCCCCOC(=O)c1ccccc1-c1ccccc1C(=O)OCCCCC. The predicted molar refractivity (Wildman–Crippen MR) is 111 cm³/mol. The molecule has 0 atom stereocenters. The first-order valence-electron chi connectivity index (χ1n) is 10.2. The Balaban J connectivity index is 2.21. The lowest BCUT2D eigenvalue weighted by atomic mass is 9.95. The molecule has 0 radical (unpaired) electrons. The second-order valence-electron chi connectivity index (χ2n) is 6.78. The summed E-state index contributed by atoms with van der Waals surface area (Å²) in [6.07, 6.45) is 5.91. The Hall–Kier alpha value is -2.62. The Morgan fingerprint density at radius 1 is 0.643 bits per heavy atom. The third-order valence-corrected chi connectivity index (χ3v) is 4.55. The zero-order valence-electron chi connectivity index (χ0n) is 16.9. The van der Waals surface area contributed by atoms with Gasteiger partial charge in [0.2, 0.25) is 0 Å². The summed E-state index contributed by atoms with van der Waals surface area (Å²) >= 11 is 0. The molecule has 0 aliphatic rings. The van der Waals surface area contributed by atoms with Gasteiger partial charge in [0.05, 0.1) is 24.3 Å². The fourth-order valence-corrected chi connectivity index (χ4v) is 2.98. The summed E-state index contributed by atoms with van der Waals surface area (Å²) in [5.74, 6) is -0.726. The molecule has 0 fully saturated rings. The van der Waals surface area contributed by atoms with Crippen molar-refractivity contribution in [2.24, 2.45) is 0 Å². The molecule has 0 saturated carbocycles. The molecule has 2 rings (SSSR count). The highest BCUT2D eigenvalue weighted by molar-refractivity contribution is 6.03. The average Bonchev–Trinajstić information content (AvgIpc) is 2.74. The van der Waals surface area contributed by atoms with E-state index in [4.69, 9.17) is 9.47 Å². The van der Waals surface area contributed by atoms with Gasteiger partial charge in [0.1, 0.15) is 0 Å². The van der Waals surface area contributed by atoms with Gasteiger partial charge in [-0.2, -0.15) is 0 Å². The number of ether oxygens (including phenoxy) is 2. The molecule has 2 aromatic rings. The van der Waals surface area contributed by atoms with Crippen LogP contribution in [0.1, 0.15) is 73.1 Å². The average molecular weight is 383 g/mol. The summed E-state index contributed by atoms with van der Waals surface area (Å²) in [6, 6.07) is 14.5. The van der Waals surface area contributed by atoms with Crippen LogP contribution in [0, 0.1) is 0 Å². The molecule has 28 heavy (non-hydrogen) atoms. The molecule has 150 valence electrons. The highest BCUT2D eigenvalue weighted by Crippen LogP contribution is 2.28. The predicted octanol–water partition coefficient (Wildman–Crippen LogP) is 6.05. The van der Waals surface area contributed by atoms with Crippen molar-refractivity contribution in [3.8, 4) is 11.1 Å². The molecule has 0 bridgehead atoms. The van der Waals surface area contributed by atoms with Crippen LogP contribution in [0.2, 0.25) is 0 Å². The molecular weight excluding hydrogens is 352 g/mol. The second kappa shape index (κ2) is 12.0. The molecule has 0 amide bonds. The van der Waals surface area contributed by atoms with E-state index in [0.717, 1.165) is 38.5 Å². The number of esters is 2. The van der Waals surface area contributed by atoms with Crippen LogP contribution in [0.15, 0.2) is 48.5 Å². The third-order valence-electron chi connectivity index (χ3n) is 4.55. The molecular formula is C24H30O4. The third kappa shape index (κ3) is 6.22. The molecule has 0 aliphatic heterocycles. The molecule has 4 nitrogen and oxygen atoms in total. The summed E-state index contributed by atoms with van der Waals surface area (Å²) in [7, 11) is 0. The van der Waals surface area contributed by atoms with Crippen molar-refractivity contribution in [2.45, 2.75) is 52.4 Å². The number of unbranched alkanes of at least 4 members (excludes halogenated alkanes) is 4. The number of hydrogen-bond acceptors (Lipinski definition) is 4. The van der Waals surface area contributed by atoms with Gasteiger partial charge in [0.25, 0.3) is 0 Å². The molecule has 4 heteroatoms. The zero-order valence-corrected chi connectivity index (χ0v) is 16.9. The van der Waals surface area contributed by atoms with Crippen LogP contribution >= 0.6 is 0 Å². The van der Waals surface area contributed by atoms with Gasteiger partial charge in [-0.3, -0.25) is 0 Å². The Morgan fingerprint density at radius 3 is 1.43 bits per heavy atom. The summed E-state index contributed by atoms with van der Waals surface area (Å²) in [5, 5.41) is 0. The van der Waals surface area contributed by atoms with E-state index in [1.165, 1.54) is 0 Å². The fraction of sp³-hybridized carbons (Fsp3) is 0.417. The van der Waals surface area contributed by atoms with Gasteiger partial charge >= 0.3 is 11.9 Å². The van der Waals surface area contributed by atoms with Gasteiger partial charge in [-0.25, -0.2) is 9.59 Å². The molecule has 0 unspecified atom stereocenters. The van der Waals surface area contributed by atoms with E-state index in [2.05, 4.69) is 13.8 Å². The van der Waals surface area contributed by atoms with Gasteiger partial charge in [-0.1, -0.05) is 75.9 Å². The molecule has 0 aromatic heterocycles. The molecule has 0 spiro atoms. The Kier molecular flexibility index (Phi) is 9.26. The minimum Gasteiger partial charge on any atom is -0.462 e. The second-order valence-corrected chi connectivity index (χ2v) is 6.78. The maximum absolute atomic E-state index is 12.6. The topological polar surface area (TPSA) is 52.6 Å². The molecule has 0 heterocycles. The lowest BCUT2D eigenvalue weighted by Crippen LogP contribution is -2.11. The standard InChI is InChI=1S/C24H30O4/c1-3-5-11-17-27-23(25)21-15-9-7-13-19(21)20-14-8-10-16-22(20)24(26)28-18-12-6-4-2/h7-10,13-16H,3-6,11-12,17-18H2,1-2H3. The first-order chi connectivity index (χ1) is 13.7. The van der Waals surface area contributed by atoms with Gasteiger partial charge < -0.3 is 9.47 Å².